The van der Waals surface area contributed by atoms with E-state index in [9.17, 15) is 9.59 Å². The third kappa shape index (κ3) is 1.93. The van der Waals surface area contributed by atoms with Gasteiger partial charge >= 0.3 is 5.97 Å². The van der Waals surface area contributed by atoms with Crippen LogP contribution in [0.4, 0.5) is 0 Å². The fourth-order valence-corrected chi connectivity index (χ4v) is 3.51. The summed E-state index contributed by atoms with van der Waals surface area (Å²) in [6.45, 7) is 5.99. The van der Waals surface area contributed by atoms with Gasteiger partial charge in [0.05, 0.1) is 0 Å². The van der Waals surface area contributed by atoms with E-state index in [-0.39, 0.29) is 24.2 Å². The molecule has 2 aliphatic heterocycles. The molecule has 0 aromatic heterocycles. The van der Waals surface area contributed by atoms with Crippen LogP contribution in [0.3, 0.4) is 0 Å². The van der Waals surface area contributed by atoms with Crippen LogP contribution in [0.15, 0.2) is 23.8 Å². The molecule has 2 saturated heterocycles. The molecule has 5 heteroatoms. The second-order valence-corrected chi connectivity index (χ2v) is 6.00. The standard InChI is InChI=1S/C15H19NO4/c1-8-5-15(6-9(2)14(18)20-15)19-13-11(8)4-3-10(7-16)12(13)17/h3,8,11,13H,2,4-7,16H2,1H3. The van der Waals surface area contributed by atoms with Crippen LogP contribution in [0.2, 0.25) is 0 Å². The number of carbonyl (C=O) groups excluding carboxylic acids is 2. The molecule has 0 amide bonds. The van der Waals surface area contributed by atoms with Gasteiger partial charge in [-0.05, 0) is 18.3 Å². The summed E-state index contributed by atoms with van der Waals surface area (Å²) >= 11 is 0. The molecule has 108 valence electrons. The summed E-state index contributed by atoms with van der Waals surface area (Å²) in [6, 6.07) is 0. The van der Waals surface area contributed by atoms with Crippen LogP contribution in [-0.4, -0.2) is 30.2 Å². The van der Waals surface area contributed by atoms with Crippen LogP contribution in [0, 0.1) is 11.8 Å². The molecule has 0 bridgehead atoms. The maximum Gasteiger partial charge on any atom is 0.336 e. The van der Waals surface area contributed by atoms with Gasteiger partial charge in [0.1, 0.15) is 6.10 Å². The van der Waals surface area contributed by atoms with E-state index in [1.165, 1.54) is 0 Å². The number of Topliss-reactive ketones (excluding diaryl/α,β-unsaturated/α-hetero) is 1. The van der Waals surface area contributed by atoms with Crippen molar-refractivity contribution < 1.29 is 19.1 Å². The van der Waals surface area contributed by atoms with E-state index in [0.29, 0.717) is 24.0 Å². The largest absolute Gasteiger partial charge is 0.429 e. The Hall–Kier alpha value is -1.46. The number of hydrogen-bond acceptors (Lipinski definition) is 5. The minimum absolute atomic E-state index is 0.0664. The molecule has 5 nitrogen and oxygen atoms in total. The lowest BCUT2D eigenvalue weighted by Crippen LogP contribution is -2.53. The number of rotatable bonds is 1. The van der Waals surface area contributed by atoms with Gasteiger partial charge in [-0.1, -0.05) is 19.6 Å². The van der Waals surface area contributed by atoms with Gasteiger partial charge in [0.15, 0.2) is 5.78 Å². The van der Waals surface area contributed by atoms with Gasteiger partial charge in [-0.15, -0.1) is 0 Å². The summed E-state index contributed by atoms with van der Waals surface area (Å²) in [4.78, 5) is 24.0. The van der Waals surface area contributed by atoms with Crippen molar-refractivity contribution in [1.29, 1.82) is 0 Å². The first kappa shape index (κ1) is 13.5. The monoisotopic (exact) mass is 277 g/mol. The lowest BCUT2D eigenvalue weighted by atomic mass is 9.73. The van der Waals surface area contributed by atoms with E-state index in [2.05, 4.69) is 13.5 Å². The second-order valence-electron chi connectivity index (χ2n) is 6.00. The topological polar surface area (TPSA) is 78.6 Å². The van der Waals surface area contributed by atoms with E-state index >= 15 is 0 Å². The Morgan fingerprint density at radius 3 is 2.85 bits per heavy atom. The van der Waals surface area contributed by atoms with E-state index in [1.54, 1.807) is 0 Å². The number of esters is 1. The van der Waals surface area contributed by atoms with Crippen molar-refractivity contribution in [1.82, 2.24) is 0 Å². The van der Waals surface area contributed by atoms with E-state index in [4.69, 9.17) is 15.2 Å². The number of nitrogens with two attached hydrogens (primary N) is 1. The Bertz CT molecular complexity index is 506. The van der Waals surface area contributed by atoms with E-state index in [1.807, 2.05) is 6.08 Å². The summed E-state index contributed by atoms with van der Waals surface area (Å²) in [7, 11) is 0. The first-order valence-corrected chi connectivity index (χ1v) is 6.98. The zero-order valence-corrected chi connectivity index (χ0v) is 11.6. The van der Waals surface area contributed by atoms with E-state index in [0.717, 1.165) is 6.42 Å². The van der Waals surface area contributed by atoms with Gasteiger partial charge in [-0.2, -0.15) is 0 Å². The summed E-state index contributed by atoms with van der Waals surface area (Å²) in [5, 5.41) is 0. The maximum atomic E-state index is 12.4. The van der Waals surface area contributed by atoms with Crippen molar-refractivity contribution in [3.8, 4) is 0 Å². The van der Waals surface area contributed by atoms with Gasteiger partial charge in [0.2, 0.25) is 5.79 Å². The number of ether oxygens (including phenoxy) is 2. The number of carbonyl (C=O) groups is 2. The van der Waals surface area contributed by atoms with Gasteiger partial charge in [-0.3, -0.25) is 4.79 Å². The van der Waals surface area contributed by atoms with Crippen molar-refractivity contribution in [3.63, 3.8) is 0 Å². The normalized spacial score (nSPS) is 40.6. The first-order chi connectivity index (χ1) is 9.46. The van der Waals surface area contributed by atoms with Crippen LogP contribution in [0.5, 0.6) is 0 Å². The Morgan fingerprint density at radius 2 is 2.25 bits per heavy atom. The Balaban J connectivity index is 1.89. The predicted molar refractivity (Wildman–Crippen MR) is 71.5 cm³/mol. The summed E-state index contributed by atoms with van der Waals surface area (Å²) < 4.78 is 11.3. The fraction of sp³-hybridized carbons (Fsp3) is 0.600. The molecule has 1 spiro atoms. The SMILES string of the molecule is C=C1CC2(CC(C)C3CC=C(CN)C(=O)C3O2)OC1=O. The lowest BCUT2D eigenvalue weighted by molar-refractivity contribution is -0.268. The summed E-state index contributed by atoms with van der Waals surface area (Å²) in [6.07, 6.45) is 3.10. The minimum atomic E-state index is -0.999. The highest BCUT2D eigenvalue weighted by molar-refractivity contribution is 6.00. The zero-order valence-electron chi connectivity index (χ0n) is 11.6. The van der Waals surface area contributed by atoms with E-state index < -0.39 is 17.9 Å². The van der Waals surface area contributed by atoms with Crippen LogP contribution in [-0.2, 0) is 19.1 Å². The number of hydrogen-bond donors (Lipinski definition) is 1. The van der Waals surface area contributed by atoms with Crippen LogP contribution in [0.25, 0.3) is 0 Å². The highest BCUT2D eigenvalue weighted by atomic mass is 16.7. The van der Waals surface area contributed by atoms with Crippen molar-refractivity contribution >= 4 is 11.8 Å². The second kappa shape index (κ2) is 4.53. The number of allylic oxidation sites excluding steroid dienone is 1. The number of fused-ring (bicyclic) bond motifs is 1. The van der Waals surface area contributed by atoms with Crippen molar-refractivity contribution in [2.75, 3.05) is 6.54 Å². The molecule has 3 rings (SSSR count). The molecular weight excluding hydrogens is 258 g/mol. The minimum Gasteiger partial charge on any atom is -0.429 e. The van der Waals surface area contributed by atoms with Crippen molar-refractivity contribution in [2.24, 2.45) is 17.6 Å². The Morgan fingerprint density at radius 1 is 1.50 bits per heavy atom. The molecule has 3 aliphatic rings. The molecule has 0 saturated carbocycles. The molecule has 4 atom stereocenters. The molecule has 0 aromatic carbocycles. The van der Waals surface area contributed by atoms with Crippen LogP contribution in [0.1, 0.15) is 26.2 Å². The third-order valence-corrected chi connectivity index (χ3v) is 4.58. The molecule has 0 radical (unpaired) electrons. The van der Waals surface area contributed by atoms with Gasteiger partial charge in [0.25, 0.3) is 0 Å². The summed E-state index contributed by atoms with van der Waals surface area (Å²) in [5.41, 5.74) is 6.62. The smallest absolute Gasteiger partial charge is 0.336 e. The third-order valence-electron chi connectivity index (χ3n) is 4.58. The highest BCUT2D eigenvalue weighted by Crippen LogP contribution is 2.47. The molecular formula is C15H19NO4. The molecule has 1 aliphatic carbocycles. The van der Waals surface area contributed by atoms with Gasteiger partial charge in [0, 0.05) is 30.5 Å². The molecule has 20 heavy (non-hydrogen) atoms. The van der Waals surface area contributed by atoms with Crippen molar-refractivity contribution in [2.45, 2.75) is 38.1 Å². The highest BCUT2D eigenvalue weighted by Gasteiger charge is 2.54. The summed E-state index contributed by atoms with van der Waals surface area (Å²) in [5.74, 6) is -1.11. The Labute approximate surface area is 117 Å². The zero-order chi connectivity index (χ0) is 14.5. The lowest BCUT2D eigenvalue weighted by Gasteiger charge is -2.45. The maximum absolute atomic E-state index is 12.4. The fourth-order valence-electron chi connectivity index (χ4n) is 3.51. The van der Waals surface area contributed by atoms with Gasteiger partial charge in [-0.25, -0.2) is 4.79 Å². The van der Waals surface area contributed by atoms with Crippen molar-refractivity contribution in [3.05, 3.63) is 23.8 Å². The first-order valence-electron chi connectivity index (χ1n) is 6.98. The number of ketones is 1. The molecule has 2 N–H and O–H groups in total. The molecule has 2 heterocycles. The molecule has 0 aromatic rings. The Kier molecular flexibility index (Phi) is 3.06. The predicted octanol–water partition coefficient (Wildman–Crippen LogP) is 1.08. The quantitative estimate of drug-likeness (QED) is 0.573. The average Bonchev–Trinajstić information content (AvgIpc) is 2.65. The van der Waals surface area contributed by atoms with Crippen LogP contribution >= 0.6 is 0 Å². The van der Waals surface area contributed by atoms with Gasteiger partial charge < -0.3 is 15.2 Å². The molecule has 2 fully saturated rings. The van der Waals surface area contributed by atoms with Crippen LogP contribution < -0.4 is 5.73 Å². The average molecular weight is 277 g/mol. The molecule has 4 unspecified atom stereocenters.